The van der Waals surface area contributed by atoms with E-state index >= 15 is 0 Å². The summed E-state index contributed by atoms with van der Waals surface area (Å²) < 4.78 is 15.6. The topological polar surface area (TPSA) is 268 Å². The third-order valence-electron chi connectivity index (χ3n) is 6.37. The Morgan fingerprint density at radius 1 is 1.24 bits per heavy atom. The molecule has 0 radical (unpaired) electrons. The van der Waals surface area contributed by atoms with E-state index in [0.29, 0.717) is 17.2 Å². The Morgan fingerprint density at radius 3 is 2.69 bits per heavy atom. The molecule has 0 saturated carbocycles. The minimum atomic E-state index is -1.32. The van der Waals surface area contributed by atoms with Crippen LogP contribution in [-0.4, -0.2) is 123 Å². The van der Waals surface area contributed by atoms with Crippen molar-refractivity contribution in [3.05, 3.63) is 17.1 Å². The number of carboxylic acids is 1. The minimum Gasteiger partial charge on any atom is -0.477 e. The van der Waals surface area contributed by atoms with Crippen molar-refractivity contribution in [3.63, 3.8) is 0 Å². The summed E-state index contributed by atoms with van der Waals surface area (Å²) in [6.45, 7) is 7.21. The summed E-state index contributed by atoms with van der Waals surface area (Å²) in [6, 6.07) is -1.11. The van der Waals surface area contributed by atoms with Gasteiger partial charge in [0.15, 0.2) is 5.13 Å². The van der Waals surface area contributed by atoms with Crippen molar-refractivity contribution in [2.45, 2.75) is 69.3 Å². The number of unbranched alkanes of at least 4 members (excludes halogenated alkanes) is 1. The molecule has 20 nitrogen and oxygen atoms in total. The Bertz CT molecular complexity index is 1620. The second-order valence-electron chi connectivity index (χ2n) is 11.3. The van der Waals surface area contributed by atoms with Crippen LogP contribution in [0.2, 0.25) is 0 Å². The van der Waals surface area contributed by atoms with E-state index in [1.165, 1.54) is 16.4 Å². The van der Waals surface area contributed by atoms with Gasteiger partial charge in [-0.3, -0.25) is 14.5 Å². The predicted octanol–water partition coefficient (Wildman–Crippen LogP) is 0.226. The van der Waals surface area contributed by atoms with Crippen LogP contribution in [0.15, 0.2) is 21.6 Å². The smallest absolute Gasteiger partial charge is 0.407 e. The molecule has 2 aromatic rings. The highest BCUT2D eigenvalue weighted by molar-refractivity contribution is 8.01. The maximum atomic E-state index is 13.3. The maximum Gasteiger partial charge on any atom is 0.407 e. The van der Waals surface area contributed by atoms with Crippen molar-refractivity contribution in [3.8, 4) is 0 Å². The highest BCUT2D eigenvalue weighted by Crippen LogP contribution is 2.41. The number of hydrogen-bond acceptors (Lipinski definition) is 18. The van der Waals surface area contributed by atoms with Gasteiger partial charge < -0.3 is 35.8 Å². The molecule has 4 heterocycles. The van der Waals surface area contributed by atoms with Crippen molar-refractivity contribution in [1.29, 1.82) is 0 Å². The lowest BCUT2D eigenvalue weighted by Crippen LogP contribution is -2.71. The number of oxime groups is 1. The number of carbonyl (C=O) groups excluding carboxylic acids is 4. The van der Waals surface area contributed by atoms with E-state index in [0.717, 1.165) is 34.6 Å². The molecule has 3 amide bonds. The zero-order valence-corrected chi connectivity index (χ0v) is 29.4. The van der Waals surface area contributed by atoms with Gasteiger partial charge >= 0.3 is 18.0 Å². The largest absolute Gasteiger partial charge is 0.477 e. The number of thioether (sulfide) groups is 2. The Labute approximate surface area is 292 Å². The van der Waals surface area contributed by atoms with E-state index in [1.54, 1.807) is 20.8 Å². The number of aliphatic carboxylic acids is 1. The molecule has 49 heavy (non-hydrogen) atoms. The molecule has 2 atom stereocenters. The number of nitrogen functional groups attached to an aromatic ring is 1. The molecule has 266 valence electrons. The van der Waals surface area contributed by atoms with Crippen LogP contribution in [0.3, 0.4) is 0 Å². The normalized spacial score (nSPS) is 17.6. The van der Waals surface area contributed by atoms with Gasteiger partial charge in [0.2, 0.25) is 23.3 Å². The Kier molecular flexibility index (Phi) is 12.7. The summed E-state index contributed by atoms with van der Waals surface area (Å²) in [5.74, 6) is -3.38. The number of alkyl carbamates (subject to hydrolysis) is 1. The maximum absolute atomic E-state index is 13.3. The number of esters is 1. The van der Waals surface area contributed by atoms with Crippen molar-refractivity contribution in [1.82, 2.24) is 45.1 Å². The number of hydrogen-bond donors (Lipinski definition) is 4. The second kappa shape index (κ2) is 16.7. The van der Waals surface area contributed by atoms with E-state index in [-0.39, 0.29) is 47.9 Å². The first-order valence-electron chi connectivity index (χ1n) is 14.8. The number of nitrogens with two attached hydrogens (primary N) is 1. The summed E-state index contributed by atoms with van der Waals surface area (Å²) in [6.07, 6.45) is 0.912. The van der Waals surface area contributed by atoms with Gasteiger partial charge in [0.25, 0.3) is 11.8 Å². The van der Waals surface area contributed by atoms with Gasteiger partial charge in [0.05, 0.1) is 13.2 Å². The SMILES string of the molecule is CCCCOC(=O)CON=C(C(=O)NC1C(=O)N2C(C(=O)O)=C(CSc3nnnn3CCNC(=O)OC(C)(C)C)CS[C@@H]12)c1nsc(N)n1. The van der Waals surface area contributed by atoms with Crippen LogP contribution in [0.25, 0.3) is 0 Å². The Balaban J connectivity index is 1.38. The molecule has 23 heteroatoms. The number of nitrogens with zero attached hydrogens (tertiary/aromatic N) is 8. The minimum absolute atomic E-state index is 0.0383. The van der Waals surface area contributed by atoms with Gasteiger partial charge in [-0.05, 0) is 43.2 Å². The second-order valence-corrected chi connectivity index (χ2v) is 14.1. The fourth-order valence-corrected chi connectivity index (χ4v) is 7.03. The molecule has 0 bridgehead atoms. The van der Waals surface area contributed by atoms with Gasteiger partial charge in [-0.15, -0.1) is 16.9 Å². The van der Waals surface area contributed by atoms with Crippen molar-refractivity contribution in [2.24, 2.45) is 5.16 Å². The van der Waals surface area contributed by atoms with Gasteiger partial charge in [0.1, 0.15) is 22.7 Å². The van der Waals surface area contributed by atoms with Crippen LogP contribution in [0, 0.1) is 0 Å². The van der Waals surface area contributed by atoms with Gasteiger partial charge in [-0.25, -0.2) is 19.1 Å². The van der Waals surface area contributed by atoms with E-state index in [2.05, 4.69) is 40.7 Å². The van der Waals surface area contributed by atoms with Crippen LogP contribution in [0.1, 0.15) is 46.4 Å². The molecule has 4 rings (SSSR count). The molecular formula is C26H35N11O9S3. The molecule has 0 spiro atoms. The molecule has 2 aliphatic heterocycles. The molecule has 1 saturated heterocycles. The summed E-state index contributed by atoms with van der Waals surface area (Å²) >= 11 is 3.22. The number of ether oxygens (including phenoxy) is 2. The Morgan fingerprint density at radius 2 is 2.02 bits per heavy atom. The first kappa shape index (κ1) is 37.3. The van der Waals surface area contributed by atoms with Crippen molar-refractivity contribution < 1.29 is 43.4 Å². The summed E-state index contributed by atoms with van der Waals surface area (Å²) in [5.41, 5.74) is 4.82. The van der Waals surface area contributed by atoms with Crippen LogP contribution < -0.4 is 16.4 Å². The fourth-order valence-electron chi connectivity index (χ4n) is 4.21. The quantitative estimate of drug-likeness (QED) is 0.0448. The monoisotopic (exact) mass is 741 g/mol. The molecule has 2 aromatic heterocycles. The lowest BCUT2D eigenvalue weighted by molar-refractivity contribution is -0.150. The summed E-state index contributed by atoms with van der Waals surface area (Å²) in [7, 11) is 0. The lowest BCUT2D eigenvalue weighted by Gasteiger charge is -2.49. The molecular weight excluding hydrogens is 707 g/mol. The van der Waals surface area contributed by atoms with Crippen LogP contribution in [-0.2, 0) is 40.0 Å². The fraction of sp³-hybridized carbons (Fsp3) is 0.577. The number of carbonyl (C=O) groups is 5. The van der Waals surface area contributed by atoms with E-state index < -0.39 is 59.2 Å². The number of amides is 3. The first-order chi connectivity index (χ1) is 23.3. The highest BCUT2D eigenvalue weighted by Gasteiger charge is 2.54. The van der Waals surface area contributed by atoms with Crippen LogP contribution in [0.4, 0.5) is 9.93 Å². The molecule has 1 unspecified atom stereocenters. The number of anilines is 1. The van der Waals surface area contributed by atoms with E-state index in [9.17, 15) is 29.1 Å². The van der Waals surface area contributed by atoms with Crippen LogP contribution in [0.5, 0.6) is 0 Å². The van der Waals surface area contributed by atoms with Gasteiger partial charge in [0, 0.05) is 29.6 Å². The number of β-lactam (4-membered cyclic amide) rings is 1. The van der Waals surface area contributed by atoms with E-state index in [1.807, 2.05) is 6.92 Å². The number of rotatable bonds is 16. The summed E-state index contributed by atoms with van der Waals surface area (Å²) in [4.78, 5) is 72.8. The third kappa shape index (κ3) is 10.0. The zero-order valence-electron chi connectivity index (χ0n) is 26.9. The molecule has 2 aliphatic rings. The lowest BCUT2D eigenvalue weighted by atomic mass is 10.0. The van der Waals surface area contributed by atoms with Gasteiger partial charge in [-0.1, -0.05) is 30.3 Å². The molecule has 0 aromatic carbocycles. The Hall–Kier alpha value is -4.51. The molecule has 1 fully saturated rings. The summed E-state index contributed by atoms with van der Waals surface area (Å²) in [5, 5.41) is 30.2. The molecule has 0 aliphatic carbocycles. The zero-order chi connectivity index (χ0) is 35.7. The third-order valence-corrected chi connectivity index (χ3v) is 9.30. The standard InChI is InChI=1S/C26H35N11O9S3/c1-5-6-9-44-14(38)10-45-32-15(18-30-23(27)49-33-18)19(39)29-16-20(40)37-17(22(41)42)13(11-47-21(16)37)12-48-24-31-34-35-36(24)8-7-28-25(43)46-26(2,3)4/h16,21H,5-12H2,1-4H3,(H,28,43)(H,29,39)(H,41,42)(H2,27,30,33)/t16?,21-/m0/s1. The number of aromatic nitrogens is 6. The van der Waals surface area contributed by atoms with Gasteiger partial charge in [-0.2, -0.15) is 9.36 Å². The average Bonchev–Trinajstić information content (AvgIpc) is 3.67. The number of carboxylic acid groups (broad SMARTS) is 1. The highest BCUT2D eigenvalue weighted by atomic mass is 32.2. The van der Waals surface area contributed by atoms with E-state index in [4.69, 9.17) is 20.0 Å². The molecule has 5 N–H and O–H groups in total. The number of nitrogens with one attached hydrogen (secondary N) is 2. The number of tetrazole rings is 1. The van der Waals surface area contributed by atoms with Crippen molar-refractivity contribution >= 4 is 75.7 Å². The average molecular weight is 742 g/mol. The van der Waals surface area contributed by atoms with Crippen molar-refractivity contribution in [2.75, 3.05) is 37.0 Å². The number of fused-ring (bicyclic) bond motifs is 1. The predicted molar refractivity (Wildman–Crippen MR) is 175 cm³/mol. The first-order valence-corrected chi connectivity index (χ1v) is 17.6. The van der Waals surface area contributed by atoms with Crippen LogP contribution >= 0.6 is 35.1 Å².